The van der Waals surface area contributed by atoms with E-state index >= 15 is 0 Å². The van der Waals surface area contributed by atoms with E-state index < -0.39 is 11.8 Å². The van der Waals surface area contributed by atoms with E-state index in [9.17, 15) is 9.59 Å². The Hall–Kier alpha value is -3.39. The fourth-order valence-corrected chi connectivity index (χ4v) is 2.70. The van der Waals surface area contributed by atoms with Crippen LogP contribution in [-0.2, 0) is 0 Å². The predicted molar refractivity (Wildman–Crippen MR) is 124 cm³/mol. The SMILES string of the molecule is C=CCOc1ccc(C(=O)NNC(=S)NC(=O)c2ccccc2OCCCCC)cc1. The van der Waals surface area contributed by atoms with E-state index in [0.717, 1.165) is 19.3 Å². The zero-order chi connectivity index (χ0) is 22.5. The molecule has 0 unspecified atom stereocenters. The number of amides is 2. The van der Waals surface area contributed by atoms with Crippen LogP contribution in [0.4, 0.5) is 0 Å². The van der Waals surface area contributed by atoms with Gasteiger partial charge in [0.25, 0.3) is 11.8 Å². The maximum absolute atomic E-state index is 12.6. The lowest BCUT2D eigenvalue weighted by Crippen LogP contribution is -2.48. The third kappa shape index (κ3) is 8.10. The molecule has 0 heterocycles. The number of nitrogens with one attached hydrogen (secondary N) is 3. The van der Waals surface area contributed by atoms with Crippen molar-refractivity contribution < 1.29 is 19.1 Å². The van der Waals surface area contributed by atoms with E-state index in [1.165, 1.54) is 0 Å². The Labute approximate surface area is 187 Å². The van der Waals surface area contributed by atoms with E-state index in [0.29, 0.717) is 35.8 Å². The number of para-hydroxylation sites is 1. The largest absolute Gasteiger partial charge is 0.493 e. The summed E-state index contributed by atoms with van der Waals surface area (Å²) in [6.45, 7) is 6.61. The van der Waals surface area contributed by atoms with Crippen LogP contribution < -0.4 is 25.6 Å². The predicted octanol–water partition coefficient (Wildman–Crippen LogP) is 3.77. The number of hydrogen-bond acceptors (Lipinski definition) is 5. The Bertz CT molecular complexity index is 900. The summed E-state index contributed by atoms with van der Waals surface area (Å²) in [5.74, 6) is 0.276. The summed E-state index contributed by atoms with van der Waals surface area (Å²) in [4.78, 5) is 24.8. The Balaban J connectivity index is 1.85. The molecule has 0 aliphatic heterocycles. The highest BCUT2D eigenvalue weighted by Gasteiger charge is 2.14. The third-order valence-electron chi connectivity index (χ3n) is 4.14. The Morgan fingerprint density at radius 2 is 1.74 bits per heavy atom. The molecule has 2 rings (SSSR count). The van der Waals surface area contributed by atoms with Gasteiger partial charge >= 0.3 is 0 Å². The summed E-state index contributed by atoms with van der Waals surface area (Å²) in [6, 6.07) is 13.5. The van der Waals surface area contributed by atoms with Crippen molar-refractivity contribution in [3.05, 3.63) is 72.3 Å². The van der Waals surface area contributed by atoms with Crippen molar-refractivity contribution in [1.29, 1.82) is 0 Å². The highest BCUT2D eigenvalue weighted by Crippen LogP contribution is 2.18. The molecule has 2 amide bonds. The Kier molecular flexibility index (Phi) is 10.0. The minimum atomic E-state index is -0.429. The van der Waals surface area contributed by atoms with Gasteiger partial charge in [0.1, 0.15) is 18.1 Å². The molecule has 8 heteroatoms. The van der Waals surface area contributed by atoms with E-state index in [1.54, 1.807) is 54.6 Å². The van der Waals surface area contributed by atoms with Gasteiger partial charge in [0.2, 0.25) is 0 Å². The molecule has 164 valence electrons. The zero-order valence-corrected chi connectivity index (χ0v) is 18.3. The van der Waals surface area contributed by atoms with Crippen LogP contribution in [0.15, 0.2) is 61.2 Å². The van der Waals surface area contributed by atoms with Gasteiger partial charge in [-0.2, -0.15) is 0 Å². The van der Waals surface area contributed by atoms with Gasteiger partial charge in [-0.3, -0.25) is 25.8 Å². The van der Waals surface area contributed by atoms with Crippen molar-refractivity contribution in [3.8, 4) is 11.5 Å². The first-order valence-corrected chi connectivity index (χ1v) is 10.4. The Morgan fingerprint density at radius 1 is 1.00 bits per heavy atom. The van der Waals surface area contributed by atoms with Crippen LogP contribution in [0.3, 0.4) is 0 Å². The van der Waals surface area contributed by atoms with Crippen LogP contribution in [0.25, 0.3) is 0 Å². The number of carbonyl (C=O) groups excluding carboxylic acids is 2. The molecule has 0 fully saturated rings. The second-order valence-corrected chi connectivity index (χ2v) is 6.95. The number of hydrogen-bond donors (Lipinski definition) is 3. The standard InChI is InChI=1S/C23H27N3O4S/c1-3-5-8-16-30-20-10-7-6-9-19(20)22(28)24-23(31)26-25-21(27)17-11-13-18(14-12-17)29-15-4-2/h4,6-7,9-14H,2-3,5,8,15-16H2,1H3,(H,25,27)(H2,24,26,28,31). The fraction of sp³-hybridized carbons (Fsp3) is 0.261. The first-order chi connectivity index (χ1) is 15.0. The summed E-state index contributed by atoms with van der Waals surface area (Å²) in [7, 11) is 0. The summed E-state index contributed by atoms with van der Waals surface area (Å²) in [5, 5.41) is 2.50. The molecular formula is C23H27N3O4S. The summed E-state index contributed by atoms with van der Waals surface area (Å²) < 4.78 is 11.1. The quantitative estimate of drug-likeness (QED) is 0.225. The highest BCUT2D eigenvalue weighted by atomic mass is 32.1. The smallest absolute Gasteiger partial charge is 0.269 e. The number of unbranched alkanes of at least 4 members (excludes halogenated alkanes) is 2. The molecule has 3 N–H and O–H groups in total. The van der Waals surface area contributed by atoms with Gasteiger partial charge in [-0.05, 0) is 55.0 Å². The number of thiocarbonyl (C=S) groups is 1. The number of benzene rings is 2. The lowest BCUT2D eigenvalue weighted by Gasteiger charge is -2.13. The second kappa shape index (κ2) is 13.0. The molecule has 0 atom stereocenters. The van der Waals surface area contributed by atoms with Gasteiger partial charge in [0.05, 0.1) is 12.2 Å². The Morgan fingerprint density at radius 3 is 2.45 bits per heavy atom. The van der Waals surface area contributed by atoms with Gasteiger partial charge in [-0.25, -0.2) is 0 Å². The molecule has 0 radical (unpaired) electrons. The van der Waals surface area contributed by atoms with E-state index in [-0.39, 0.29) is 5.11 Å². The number of rotatable bonds is 10. The molecule has 7 nitrogen and oxygen atoms in total. The van der Waals surface area contributed by atoms with Gasteiger partial charge in [-0.1, -0.05) is 44.6 Å². The van der Waals surface area contributed by atoms with Gasteiger partial charge in [0.15, 0.2) is 5.11 Å². The lowest BCUT2D eigenvalue weighted by molar-refractivity contribution is 0.0933. The number of carbonyl (C=O) groups is 2. The molecular weight excluding hydrogens is 414 g/mol. The maximum atomic E-state index is 12.6. The van der Waals surface area contributed by atoms with Crippen LogP contribution in [0.1, 0.15) is 46.9 Å². The molecule has 2 aromatic carbocycles. The van der Waals surface area contributed by atoms with Crippen LogP contribution in [0, 0.1) is 0 Å². The van der Waals surface area contributed by atoms with Gasteiger partial charge in [0, 0.05) is 5.56 Å². The lowest BCUT2D eigenvalue weighted by atomic mass is 10.2. The minimum Gasteiger partial charge on any atom is -0.493 e. The normalized spacial score (nSPS) is 9.97. The summed E-state index contributed by atoms with van der Waals surface area (Å²) in [6.07, 6.45) is 4.70. The maximum Gasteiger partial charge on any atom is 0.269 e. The van der Waals surface area contributed by atoms with Crippen molar-refractivity contribution in [1.82, 2.24) is 16.2 Å². The van der Waals surface area contributed by atoms with Crippen molar-refractivity contribution in [2.24, 2.45) is 0 Å². The molecule has 31 heavy (non-hydrogen) atoms. The highest BCUT2D eigenvalue weighted by molar-refractivity contribution is 7.80. The van der Waals surface area contributed by atoms with Crippen LogP contribution in [0.5, 0.6) is 11.5 Å². The summed E-state index contributed by atoms with van der Waals surface area (Å²) in [5.41, 5.74) is 5.74. The third-order valence-corrected chi connectivity index (χ3v) is 4.34. The molecule has 0 spiro atoms. The van der Waals surface area contributed by atoms with Crippen LogP contribution >= 0.6 is 12.2 Å². The van der Waals surface area contributed by atoms with Crippen molar-refractivity contribution in [3.63, 3.8) is 0 Å². The molecule has 0 aromatic heterocycles. The summed E-state index contributed by atoms with van der Waals surface area (Å²) >= 11 is 5.10. The van der Waals surface area contributed by atoms with E-state index in [4.69, 9.17) is 21.7 Å². The monoisotopic (exact) mass is 441 g/mol. The average molecular weight is 442 g/mol. The average Bonchev–Trinajstić information content (AvgIpc) is 2.79. The minimum absolute atomic E-state index is 0.0370. The van der Waals surface area contributed by atoms with E-state index in [2.05, 4.69) is 29.7 Å². The van der Waals surface area contributed by atoms with Gasteiger partial charge in [-0.15, -0.1) is 0 Å². The number of ether oxygens (including phenoxy) is 2. The zero-order valence-electron chi connectivity index (χ0n) is 17.5. The first kappa shape index (κ1) is 23.9. The molecule has 0 aliphatic rings. The second-order valence-electron chi connectivity index (χ2n) is 6.54. The van der Waals surface area contributed by atoms with Crippen molar-refractivity contribution in [2.45, 2.75) is 26.2 Å². The van der Waals surface area contributed by atoms with E-state index in [1.807, 2.05) is 0 Å². The number of hydrazine groups is 1. The van der Waals surface area contributed by atoms with Crippen LogP contribution in [-0.4, -0.2) is 30.1 Å². The van der Waals surface area contributed by atoms with Crippen molar-refractivity contribution in [2.75, 3.05) is 13.2 Å². The topological polar surface area (TPSA) is 88.7 Å². The molecule has 2 aromatic rings. The van der Waals surface area contributed by atoms with Crippen LogP contribution in [0.2, 0.25) is 0 Å². The molecule has 0 aliphatic carbocycles. The van der Waals surface area contributed by atoms with Gasteiger partial charge < -0.3 is 9.47 Å². The fourth-order valence-electron chi connectivity index (χ4n) is 2.56. The molecule has 0 bridgehead atoms. The van der Waals surface area contributed by atoms with Crippen molar-refractivity contribution >= 4 is 29.1 Å². The first-order valence-electron chi connectivity index (χ1n) is 10.0. The molecule has 0 saturated carbocycles. The molecule has 0 saturated heterocycles.